The highest BCUT2D eigenvalue weighted by Gasteiger charge is 2.46. The molecule has 0 unspecified atom stereocenters. The first kappa shape index (κ1) is 16.9. The van der Waals surface area contributed by atoms with Gasteiger partial charge >= 0.3 is 0 Å². The van der Waals surface area contributed by atoms with Gasteiger partial charge in [0.2, 0.25) is 0 Å². The summed E-state index contributed by atoms with van der Waals surface area (Å²) in [4.78, 5) is 0. The lowest BCUT2D eigenvalue weighted by Gasteiger charge is -2.37. The van der Waals surface area contributed by atoms with Crippen LogP contribution in [-0.4, -0.2) is 11.3 Å². The fraction of sp³-hybridized carbons (Fsp3) is 0. The Morgan fingerprint density at radius 1 is 0.571 bits per heavy atom. The molecule has 35 heavy (non-hydrogen) atoms. The van der Waals surface area contributed by atoms with Gasteiger partial charge in [0.1, 0.15) is 34.2 Å². The molecule has 0 fully saturated rings. The van der Waals surface area contributed by atoms with Crippen molar-refractivity contribution in [2.24, 2.45) is 0 Å². The minimum atomic E-state index is 0.0802. The third-order valence-electron chi connectivity index (χ3n) is 8.05. The Kier molecular flexibility index (Phi) is 2.59. The number of para-hydroxylation sites is 1. The second-order valence-electron chi connectivity index (χ2n) is 9.64. The number of hydrogen-bond donors (Lipinski definition) is 0. The third-order valence-corrected chi connectivity index (χ3v) is 8.05. The van der Waals surface area contributed by atoms with Gasteiger partial charge < -0.3 is 18.5 Å². The number of rotatable bonds is 0. The molecule has 10 rings (SSSR count). The van der Waals surface area contributed by atoms with E-state index in [4.69, 9.17) is 13.9 Å². The van der Waals surface area contributed by atoms with Crippen molar-refractivity contribution in [3.8, 4) is 28.7 Å². The van der Waals surface area contributed by atoms with Crippen molar-refractivity contribution in [1.82, 2.24) is 4.57 Å². The summed E-state index contributed by atoms with van der Waals surface area (Å²) in [6, 6.07) is 29.5. The molecule has 7 aromatic rings. The minimum Gasteiger partial charge on any atom is -0.458 e. The smallest absolute Gasteiger partial charge is 0.266 e. The van der Waals surface area contributed by atoms with Crippen molar-refractivity contribution in [3.63, 3.8) is 0 Å². The van der Waals surface area contributed by atoms with Crippen molar-refractivity contribution >= 4 is 66.8 Å². The van der Waals surface area contributed by atoms with E-state index >= 15 is 0 Å². The zero-order valence-electron chi connectivity index (χ0n) is 18.3. The number of benzene rings is 5. The van der Waals surface area contributed by atoms with E-state index in [-0.39, 0.29) is 6.71 Å². The number of fused-ring (bicyclic) bond motifs is 8. The van der Waals surface area contributed by atoms with Gasteiger partial charge in [0.15, 0.2) is 0 Å². The van der Waals surface area contributed by atoms with Gasteiger partial charge in [-0.25, -0.2) is 0 Å². The average molecular weight is 447 g/mol. The van der Waals surface area contributed by atoms with Gasteiger partial charge in [-0.1, -0.05) is 30.3 Å². The monoisotopic (exact) mass is 447 g/mol. The predicted molar refractivity (Wildman–Crippen MR) is 139 cm³/mol. The summed E-state index contributed by atoms with van der Waals surface area (Å²) in [6.45, 7) is 0.0802. The molecule has 5 heterocycles. The number of nitrogens with zero attached hydrogens (tertiary/aromatic N) is 1. The van der Waals surface area contributed by atoms with Crippen LogP contribution in [0, 0.1) is 0 Å². The van der Waals surface area contributed by atoms with Crippen LogP contribution in [0.4, 0.5) is 0 Å². The molecule has 0 atom stereocenters. The molecule has 0 spiro atoms. The van der Waals surface area contributed by atoms with E-state index in [9.17, 15) is 0 Å². The van der Waals surface area contributed by atoms with Crippen LogP contribution in [-0.2, 0) is 0 Å². The number of ether oxygens (including phenoxy) is 2. The Labute approximate surface area is 199 Å². The normalized spacial score (nSPS) is 14.1. The van der Waals surface area contributed by atoms with Crippen molar-refractivity contribution < 1.29 is 13.9 Å². The molecule has 0 amide bonds. The summed E-state index contributed by atoms with van der Waals surface area (Å²) in [5, 5.41) is 4.63. The number of hydrogen-bond acceptors (Lipinski definition) is 3. The molecule has 0 saturated heterocycles. The maximum atomic E-state index is 6.50. The summed E-state index contributed by atoms with van der Waals surface area (Å²) < 4.78 is 21.8. The van der Waals surface area contributed by atoms with E-state index in [1.165, 1.54) is 21.8 Å². The maximum absolute atomic E-state index is 6.50. The highest BCUT2D eigenvalue weighted by atomic mass is 16.5. The minimum absolute atomic E-state index is 0.0802. The van der Waals surface area contributed by atoms with E-state index in [1.807, 2.05) is 30.3 Å². The molecule has 0 bridgehead atoms. The largest absolute Gasteiger partial charge is 0.458 e. The van der Waals surface area contributed by atoms with Crippen molar-refractivity contribution in [3.05, 3.63) is 84.9 Å². The van der Waals surface area contributed by atoms with Gasteiger partial charge in [0.25, 0.3) is 6.71 Å². The first-order valence-electron chi connectivity index (χ1n) is 11.9. The van der Waals surface area contributed by atoms with Gasteiger partial charge in [0, 0.05) is 27.3 Å². The summed E-state index contributed by atoms with van der Waals surface area (Å²) in [7, 11) is 0. The molecule has 0 aliphatic carbocycles. The SMILES string of the molecule is c1cc2c3c(c1)Oc1ccc4c5c6oc7ccccc7c6ccc5n5c4c1B3c1c(cccc1-5)O2. The lowest BCUT2D eigenvalue weighted by Crippen LogP contribution is -2.60. The molecule has 4 nitrogen and oxygen atoms in total. The summed E-state index contributed by atoms with van der Waals surface area (Å²) >= 11 is 0. The predicted octanol–water partition coefficient (Wildman–Crippen LogP) is 5.72. The summed E-state index contributed by atoms with van der Waals surface area (Å²) in [5.74, 6) is 3.59. The van der Waals surface area contributed by atoms with Crippen molar-refractivity contribution in [2.45, 2.75) is 0 Å². The van der Waals surface area contributed by atoms with Crippen LogP contribution in [0.5, 0.6) is 23.0 Å². The molecule has 0 saturated carbocycles. The van der Waals surface area contributed by atoms with E-state index in [0.717, 1.165) is 67.0 Å². The van der Waals surface area contributed by atoms with E-state index in [0.29, 0.717) is 0 Å². The molecule has 2 aromatic heterocycles. The zero-order valence-corrected chi connectivity index (χ0v) is 18.3. The molecule has 3 aliphatic heterocycles. The van der Waals surface area contributed by atoms with E-state index in [1.54, 1.807) is 0 Å². The van der Waals surface area contributed by atoms with Crippen LogP contribution >= 0.6 is 0 Å². The molecular weight excluding hydrogens is 433 g/mol. The molecule has 5 aromatic carbocycles. The fourth-order valence-electron chi connectivity index (χ4n) is 6.76. The first-order chi connectivity index (χ1) is 17.4. The lowest BCUT2D eigenvalue weighted by molar-refractivity contribution is 0.464. The quantitative estimate of drug-likeness (QED) is 0.279. The molecule has 0 radical (unpaired) electrons. The van der Waals surface area contributed by atoms with Gasteiger partial charge in [-0.15, -0.1) is 0 Å². The summed E-state index contributed by atoms with van der Waals surface area (Å²) in [5.41, 5.74) is 8.89. The molecule has 5 heteroatoms. The summed E-state index contributed by atoms with van der Waals surface area (Å²) in [6.07, 6.45) is 0. The topological polar surface area (TPSA) is 36.5 Å². The van der Waals surface area contributed by atoms with Gasteiger partial charge in [-0.3, -0.25) is 0 Å². The van der Waals surface area contributed by atoms with Crippen molar-refractivity contribution in [1.29, 1.82) is 0 Å². The number of aromatic nitrogens is 1. The maximum Gasteiger partial charge on any atom is 0.266 e. The van der Waals surface area contributed by atoms with Crippen LogP contribution in [0.15, 0.2) is 89.3 Å². The Morgan fingerprint density at radius 3 is 2.20 bits per heavy atom. The van der Waals surface area contributed by atoms with Gasteiger partial charge in [-0.05, 0) is 65.5 Å². The Bertz CT molecular complexity index is 2120. The average Bonchev–Trinajstić information content (AvgIpc) is 3.44. The van der Waals surface area contributed by atoms with Crippen LogP contribution in [0.1, 0.15) is 0 Å². The molecule has 3 aliphatic rings. The number of furan rings is 1. The highest BCUT2D eigenvalue weighted by molar-refractivity contribution is 7.00. The van der Waals surface area contributed by atoms with Gasteiger partial charge in [0.05, 0.1) is 16.4 Å². The standard InChI is InChI=1S/C30H14BNO3/c1-2-7-20-15(5-1)16-11-13-18-25(30(16)35-20)17-12-14-24-28-29(17)32(18)19-6-3-8-21-26(19)31(28)27-22(33-21)9-4-10-23(27)34-24/h1-14H. The van der Waals surface area contributed by atoms with Crippen LogP contribution in [0.3, 0.4) is 0 Å². The second-order valence-corrected chi connectivity index (χ2v) is 9.64. The Morgan fingerprint density at radius 2 is 1.31 bits per heavy atom. The Hall–Kier alpha value is -4.64. The van der Waals surface area contributed by atoms with Crippen LogP contribution in [0.2, 0.25) is 0 Å². The van der Waals surface area contributed by atoms with Crippen molar-refractivity contribution in [2.75, 3.05) is 0 Å². The second kappa shape index (κ2) is 5.36. The molecule has 0 N–H and O–H groups in total. The third kappa shape index (κ3) is 1.74. The molecule has 160 valence electrons. The molecular formula is C30H14BNO3. The van der Waals surface area contributed by atoms with E-state index in [2.05, 4.69) is 59.2 Å². The van der Waals surface area contributed by atoms with E-state index < -0.39 is 0 Å². The lowest BCUT2D eigenvalue weighted by atomic mass is 9.33. The Balaban J connectivity index is 1.48. The zero-order chi connectivity index (χ0) is 22.4. The van der Waals surface area contributed by atoms with Crippen LogP contribution < -0.4 is 25.9 Å². The van der Waals surface area contributed by atoms with Gasteiger partial charge in [-0.2, -0.15) is 0 Å². The highest BCUT2D eigenvalue weighted by Crippen LogP contribution is 2.45. The fourth-order valence-corrected chi connectivity index (χ4v) is 6.76. The van der Waals surface area contributed by atoms with Crippen LogP contribution in [0.25, 0.3) is 49.4 Å². The first-order valence-corrected chi connectivity index (χ1v) is 11.9.